The van der Waals surface area contributed by atoms with E-state index in [1.807, 2.05) is 18.2 Å². The van der Waals surface area contributed by atoms with Crippen LogP contribution < -0.4 is 0 Å². The van der Waals surface area contributed by atoms with Crippen molar-refractivity contribution in [3.05, 3.63) is 39.5 Å². The van der Waals surface area contributed by atoms with Crippen molar-refractivity contribution in [2.75, 3.05) is 0 Å². The fourth-order valence-corrected chi connectivity index (χ4v) is 1.82. The highest BCUT2D eigenvalue weighted by Gasteiger charge is 2.04. The van der Waals surface area contributed by atoms with Crippen molar-refractivity contribution in [2.45, 2.75) is 0 Å². The van der Waals surface area contributed by atoms with Crippen molar-refractivity contribution in [1.29, 1.82) is 5.26 Å². The van der Waals surface area contributed by atoms with Gasteiger partial charge in [-0.1, -0.05) is 27.5 Å². The van der Waals surface area contributed by atoms with E-state index in [1.54, 1.807) is 6.07 Å². The van der Waals surface area contributed by atoms with Gasteiger partial charge in [0.1, 0.15) is 5.15 Å². The van der Waals surface area contributed by atoms with Gasteiger partial charge in [0.2, 0.25) is 0 Å². The summed E-state index contributed by atoms with van der Waals surface area (Å²) >= 11 is 9.11. The standard InChI is InChI=1S/C10H4BrClN2/c11-7-1-2-9-8(4-7)6(5-13)3-10(12)14-9/h1-4H. The molecule has 0 spiro atoms. The second-order valence-electron chi connectivity index (χ2n) is 2.77. The first-order chi connectivity index (χ1) is 6.70. The minimum Gasteiger partial charge on any atom is -0.236 e. The largest absolute Gasteiger partial charge is 0.236 e. The number of pyridine rings is 1. The molecule has 0 amide bonds. The van der Waals surface area contributed by atoms with Crippen LogP contribution in [-0.2, 0) is 0 Å². The number of nitrogens with zero attached hydrogens (tertiary/aromatic N) is 2. The van der Waals surface area contributed by atoms with Gasteiger partial charge in [-0.25, -0.2) is 4.98 Å². The Bertz CT molecular complexity index is 546. The molecule has 0 saturated heterocycles. The number of fused-ring (bicyclic) bond motifs is 1. The molecule has 0 radical (unpaired) electrons. The summed E-state index contributed by atoms with van der Waals surface area (Å²) < 4.78 is 0.922. The molecular weight excluding hydrogens is 263 g/mol. The normalized spacial score (nSPS) is 10.1. The highest BCUT2D eigenvalue weighted by molar-refractivity contribution is 9.10. The lowest BCUT2D eigenvalue weighted by Crippen LogP contribution is -1.85. The summed E-state index contributed by atoms with van der Waals surface area (Å²) in [7, 11) is 0. The lowest BCUT2D eigenvalue weighted by atomic mass is 10.1. The third kappa shape index (κ3) is 1.59. The molecule has 1 aromatic heterocycles. The summed E-state index contributed by atoms with van der Waals surface area (Å²) in [4.78, 5) is 4.12. The molecule has 2 nitrogen and oxygen atoms in total. The van der Waals surface area contributed by atoms with Gasteiger partial charge in [-0.2, -0.15) is 5.26 Å². The van der Waals surface area contributed by atoms with E-state index in [4.69, 9.17) is 16.9 Å². The molecule has 1 heterocycles. The van der Waals surface area contributed by atoms with E-state index in [9.17, 15) is 0 Å². The average Bonchev–Trinajstić information content (AvgIpc) is 2.17. The molecule has 0 aliphatic carbocycles. The SMILES string of the molecule is N#Cc1cc(Cl)nc2ccc(Br)cc12. The van der Waals surface area contributed by atoms with Crippen LogP contribution in [0.25, 0.3) is 10.9 Å². The van der Waals surface area contributed by atoms with E-state index >= 15 is 0 Å². The summed E-state index contributed by atoms with van der Waals surface area (Å²) in [6, 6.07) is 9.21. The number of halogens is 2. The highest BCUT2D eigenvalue weighted by atomic mass is 79.9. The molecule has 2 rings (SSSR count). The molecule has 68 valence electrons. The Morgan fingerprint density at radius 1 is 1.36 bits per heavy atom. The summed E-state index contributed by atoms with van der Waals surface area (Å²) in [5, 5.41) is 10.1. The van der Waals surface area contributed by atoms with Crippen LogP contribution >= 0.6 is 27.5 Å². The molecule has 1 aromatic carbocycles. The van der Waals surface area contributed by atoms with E-state index < -0.39 is 0 Å². The van der Waals surface area contributed by atoms with Gasteiger partial charge in [-0.05, 0) is 24.3 Å². The van der Waals surface area contributed by atoms with Gasteiger partial charge in [0.25, 0.3) is 0 Å². The first kappa shape index (κ1) is 9.45. The first-order valence-corrected chi connectivity index (χ1v) is 5.04. The van der Waals surface area contributed by atoms with Crippen molar-refractivity contribution in [1.82, 2.24) is 4.98 Å². The Balaban J connectivity index is 2.90. The maximum absolute atomic E-state index is 8.90. The van der Waals surface area contributed by atoms with Gasteiger partial charge < -0.3 is 0 Å². The topological polar surface area (TPSA) is 36.7 Å². The van der Waals surface area contributed by atoms with Gasteiger partial charge in [-0.15, -0.1) is 0 Å². The number of benzene rings is 1. The smallest absolute Gasteiger partial charge is 0.131 e. The molecule has 14 heavy (non-hydrogen) atoms. The van der Waals surface area contributed by atoms with Gasteiger partial charge in [0, 0.05) is 9.86 Å². The molecule has 0 aliphatic rings. The van der Waals surface area contributed by atoms with Gasteiger partial charge in [0.15, 0.2) is 0 Å². The Kier molecular flexibility index (Phi) is 2.40. The summed E-state index contributed by atoms with van der Waals surface area (Å²) in [6.45, 7) is 0. The van der Waals surface area contributed by atoms with Gasteiger partial charge >= 0.3 is 0 Å². The molecule has 0 bridgehead atoms. The van der Waals surface area contributed by atoms with E-state index in [1.165, 1.54) is 0 Å². The van der Waals surface area contributed by atoms with E-state index in [0.717, 1.165) is 15.4 Å². The quantitative estimate of drug-likeness (QED) is 0.685. The average molecular weight is 268 g/mol. The molecule has 0 N–H and O–H groups in total. The Hall–Kier alpha value is -1.11. The zero-order valence-electron chi connectivity index (χ0n) is 6.96. The molecule has 0 aliphatic heterocycles. The monoisotopic (exact) mass is 266 g/mol. The number of nitriles is 1. The highest BCUT2D eigenvalue weighted by Crippen LogP contribution is 2.23. The molecule has 0 saturated carbocycles. The Morgan fingerprint density at radius 2 is 2.14 bits per heavy atom. The van der Waals surface area contributed by atoms with Crippen molar-refractivity contribution >= 4 is 38.4 Å². The lowest BCUT2D eigenvalue weighted by molar-refractivity contribution is 1.39. The van der Waals surface area contributed by atoms with Crippen molar-refractivity contribution < 1.29 is 0 Å². The molecular formula is C10H4BrClN2. The van der Waals surface area contributed by atoms with Crippen LogP contribution in [-0.4, -0.2) is 4.98 Å². The third-order valence-corrected chi connectivity index (χ3v) is 2.55. The second-order valence-corrected chi connectivity index (χ2v) is 4.07. The summed E-state index contributed by atoms with van der Waals surface area (Å²) in [5.41, 5.74) is 1.28. The Morgan fingerprint density at radius 3 is 2.86 bits per heavy atom. The van der Waals surface area contributed by atoms with E-state index in [-0.39, 0.29) is 0 Å². The van der Waals surface area contributed by atoms with E-state index in [0.29, 0.717) is 10.7 Å². The lowest BCUT2D eigenvalue weighted by Gasteiger charge is -2.00. The second kappa shape index (κ2) is 3.56. The summed E-state index contributed by atoms with van der Waals surface area (Å²) in [5.74, 6) is 0. The first-order valence-electron chi connectivity index (χ1n) is 3.86. The maximum atomic E-state index is 8.90. The molecule has 0 fully saturated rings. The number of rotatable bonds is 0. The Labute approximate surface area is 94.3 Å². The summed E-state index contributed by atoms with van der Waals surface area (Å²) in [6.07, 6.45) is 0. The van der Waals surface area contributed by atoms with Crippen LogP contribution in [0, 0.1) is 11.3 Å². The van der Waals surface area contributed by atoms with Crippen LogP contribution in [0.3, 0.4) is 0 Å². The maximum Gasteiger partial charge on any atom is 0.131 e. The predicted molar refractivity (Wildman–Crippen MR) is 59.2 cm³/mol. The fourth-order valence-electron chi connectivity index (χ4n) is 1.26. The minimum absolute atomic E-state index is 0.344. The van der Waals surface area contributed by atoms with Crippen LogP contribution in [0.1, 0.15) is 5.56 Å². The fraction of sp³-hybridized carbons (Fsp3) is 0. The van der Waals surface area contributed by atoms with Gasteiger partial charge in [-0.3, -0.25) is 0 Å². The number of aromatic nitrogens is 1. The van der Waals surface area contributed by atoms with Crippen LogP contribution in [0.5, 0.6) is 0 Å². The van der Waals surface area contributed by atoms with Crippen LogP contribution in [0.2, 0.25) is 5.15 Å². The van der Waals surface area contributed by atoms with E-state index in [2.05, 4.69) is 27.0 Å². The molecule has 2 aromatic rings. The van der Waals surface area contributed by atoms with Crippen molar-refractivity contribution in [3.8, 4) is 6.07 Å². The van der Waals surface area contributed by atoms with Crippen LogP contribution in [0.4, 0.5) is 0 Å². The zero-order valence-corrected chi connectivity index (χ0v) is 9.30. The number of hydrogen-bond donors (Lipinski definition) is 0. The van der Waals surface area contributed by atoms with Crippen LogP contribution in [0.15, 0.2) is 28.7 Å². The van der Waals surface area contributed by atoms with Crippen molar-refractivity contribution in [3.63, 3.8) is 0 Å². The molecule has 0 atom stereocenters. The van der Waals surface area contributed by atoms with Crippen molar-refractivity contribution in [2.24, 2.45) is 0 Å². The zero-order chi connectivity index (χ0) is 10.1. The minimum atomic E-state index is 0.344. The predicted octanol–water partition coefficient (Wildman–Crippen LogP) is 3.52. The molecule has 0 unspecified atom stereocenters. The third-order valence-electron chi connectivity index (χ3n) is 1.86. The molecule has 4 heteroatoms. The number of hydrogen-bond acceptors (Lipinski definition) is 2. The van der Waals surface area contributed by atoms with Gasteiger partial charge in [0.05, 0.1) is 17.1 Å².